The van der Waals surface area contributed by atoms with E-state index >= 15 is 0 Å². The van der Waals surface area contributed by atoms with Crippen LogP contribution in [0.15, 0.2) is 12.7 Å². The van der Waals surface area contributed by atoms with Crippen LogP contribution in [0.2, 0.25) is 0 Å². The number of esters is 1. The number of likely N-dealkylation sites (tertiary alicyclic amines) is 1. The van der Waals surface area contributed by atoms with Gasteiger partial charge in [-0.15, -0.1) is 6.58 Å². The Kier molecular flexibility index (Phi) is 8.22. The molecule has 3 fully saturated rings. The van der Waals surface area contributed by atoms with Crippen LogP contribution in [0.25, 0.3) is 0 Å². The number of amides is 2. The zero-order valence-corrected chi connectivity index (χ0v) is 20.5. The number of unbranched alkanes of at least 4 members (excludes halogenated alkanes) is 2. The molecule has 0 radical (unpaired) electrons. The van der Waals surface area contributed by atoms with Gasteiger partial charge in [-0.2, -0.15) is 0 Å². The SMILES string of the molecule is C=CCN(CCCCC)C(=O)C1N([C@@H](CO)C(C)C)C(=O)[C@@H]2[C@@H](C(=O)OCC)[C@H]3CCC12O3. The van der Waals surface area contributed by atoms with Crippen molar-refractivity contribution in [1.82, 2.24) is 9.80 Å². The van der Waals surface area contributed by atoms with E-state index in [-0.39, 0.29) is 30.9 Å². The molecule has 0 aromatic carbocycles. The average Bonchev–Trinajstić information content (AvgIpc) is 3.41. The molecule has 2 bridgehead atoms. The first-order valence-electron chi connectivity index (χ1n) is 12.5. The number of fused-ring (bicyclic) bond motifs is 1. The first kappa shape index (κ1) is 25.7. The highest BCUT2D eigenvalue weighted by Crippen LogP contribution is 2.59. The van der Waals surface area contributed by atoms with Gasteiger partial charge in [-0.3, -0.25) is 14.4 Å². The second-order valence-electron chi connectivity index (χ2n) is 9.83. The average molecular weight is 465 g/mol. The second kappa shape index (κ2) is 10.6. The van der Waals surface area contributed by atoms with Gasteiger partial charge in [-0.1, -0.05) is 39.7 Å². The van der Waals surface area contributed by atoms with Crippen LogP contribution in [0.5, 0.6) is 0 Å². The summed E-state index contributed by atoms with van der Waals surface area (Å²) in [6.45, 7) is 12.4. The third-order valence-corrected chi connectivity index (χ3v) is 7.54. The Labute approximate surface area is 197 Å². The van der Waals surface area contributed by atoms with Gasteiger partial charge in [0.25, 0.3) is 0 Å². The highest BCUT2D eigenvalue weighted by atomic mass is 16.6. The van der Waals surface area contributed by atoms with Crippen LogP contribution in [0.4, 0.5) is 0 Å². The van der Waals surface area contributed by atoms with Gasteiger partial charge >= 0.3 is 5.97 Å². The lowest BCUT2D eigenvalue weighted by molar-refractivity contribution is -0.156. The van der Waals surface area contributed by atoms with Crippen LogP contribution >= 0.6 is 0 Å². The lowest BCUT2D eigenvalue weighted by Crippen LogP contribution is -2.59. The summed E-state index contributed by atoms with van der Waals surface area (Å²) in [5.41, 5.74) is -1.07. The molecule has 3 aliphatic rings. The monoisotopic (exact) mass is 464 g/mol. The van der Waals surface area contributed by atoms with Crippen molar-refractivity contribution in [2.75, 3.05) is 26.3 Å². The molecule has 0 aliphatic carbocycles. The molecular weight excluding hydrogens is 424 g/mol. The highest BCUT2D eigenvalue weighted by Gasteiger charge is 2.75. The molecule has 6 atom stereocenters. The maximum absolute atomic E-state index is 14.1. The van der Waals surface area contributed by atoms with Crippen LogP contribution in [-0.2, 0) is 23.9 Å². The van der Waals surface area contributed by atoms with Gasteiger partial charge in [0, 0.05) is 13.1 Å². The molecule has 8 heteroatoms. The third-order valence-electron chi connectivity index (χ3n) is 7.54. The van der Waals surface area contributed by atoms with Crippen molar-refractivity contribution < 1.29 is 29.0 Å². The van der Waals surface area contributed by atoms with Crippen molar-refractivity contribution >= 4 is 17.8 Å². The number of nitrogens with zero attached hydrogens (tertiary/aromatic N) is 2. The van der Waals surface area contributed by atoms with Crippen LogP contribution < -0.4 is 0 Å². The van der Waals surface area contributed by atoms with Gasteiger partial charge in [0.05, 0.1) is 37.2 Å². The smallest absolute Gasteiger partial charge is 0.312 e. The van der Waals surface area contributed by atoms with Crippen LogP contribution in [0, 0.1) is 17.8 Å². The quantitative estimate of drug-likeness (QED) is 0.270. The minimum Gasteiger partial charge on any atom is -0.466 e. The molecule has 1 spiro atoms. The first-order chi connectivity index (χ1) is 15.8. The maximum Gasteiger partial charge on any atom is 0.312 e. The molecule has 0 saturated carbocycles. The van der Waals surface area contributed by atoms with Gasteiger partial charge < -0.3 is 24.4 Å². The van der Waals surface area contributed by atoms with Crippen molar-refractivity contribution in [2.45, 2.75) is 83.6 Å². The van der Waals surface area contributed by atoms with E-state index in [1.165, 1.54) is 0 Å². The molecule has 33 heavy (non-hydrogen) atoms. The molecular formula is C25H40N2O6. The molecule has 186 valence electrons. The Balaban J connectivity index is 2.04. The van der Waals surface area contributed by atoms with E-state index in [1.807, 2.05) is 13.8 Å². The molecule has 3 heterocycles. The van der Waals surface area contributed by atoms with E-state index in [1.54, 1.807) is 22.8 Å². The zero-order valence-electron chi connectivity index (χ0n) is 20.5. The fraction of sp³-hybridized carbons (Fsp3) is 0.800. The summed E-state index contributed by atoms with van der Waals surface area (Å²) in [7, 11) is 0. The number of hydrogen-bond donors (Lipinski definition) is 1. The fourth-order valence-corrected chi connectivity index (χ4v) is 6.03. The Hall–Kier alpha value is -1.93. The van der Waals surface area contributed by atoms with Crippen molar-refractivity contribution in [1.29, 1.82) is 0 Å². The van der Waals surface area contributed by atoms with E-state index < -0.39 is 41.6 Å². The molecule has 3 rings (SSSR count). The Morgan fingerprint density at radius 1 is 1.36 bits per heavy atom. The fourth-order valence-electron chi connectivity index (χ4n) is 6.03. The molecule has 2 amide bonds. The molecule has 3 saturated heterocycles. The number of aliphatic hydroxyl groups excluding tert-OH is 1. The number of ether oxygens (including phenoxy) is 2. The lowest BCUT2D eigenvalue weighted by Gasteiger charge is -2.40. The lowest BCUT2D eigenvalue weighted by atomic mass is 9.70. The highest BCUT2D eigenvalue weighted by molar-refractivity contribution is 5.98. The van der Waals surface area contributed by atoms with E-state index in [0.29, 0.717) is 25.9 Å². The largest absolute Gasteiger partial charge is 0.466 e. The summed E-state index contributed by atoms with van der Waals surface area (Å²) in [5.74, 6) is -2.47. The zero-order chi connectivity index (χ0) is 24.3. The number of aliphatic hydroxyl groups is 1. The van der Waals surface area contributed by atoms with Crippen molar-refractivity contribution in [3.05, 3.63) is 12.7 Å². The summed E-state index contributed by atoms with van der Waals surface area (Å²) in [5, 5.41) is 10.2. The Morgan fingerprint density at radius 3 is 2.67 bits per heavy atom. The molecule has 8 nitrogen and oxygen atoms in total. The number of hydrogen-bond acceptors (Lipinski definition) is 6. The van der Waals surface area contributed by atoms with E-state index in [2.05, 4.69) is 13.5 Å². The normalized spacial score (nSPS) is 31.1. The van der Waals surface area contributed by atoms with E-state index in [4.69, 9.17) is 9.47 Å². The van der Waals surface area contributed by atoms with Crippen LogP contribution in [0.3, 0.4) is 0 Å². The molecule has 1 N–H and O–H groups in total. The number of rotatable bonds is 12. The summed E-state index contributed by atoms with van der Waals surface area (Å²) >= 11 is 0. The number of carbonyl (C=O) groups excluding carboxylic acids is 3. The topological polar surface area (TPSA) is 96.4 Å². The van der Waals surface area contributed by atoms with Crippen molar-refractivity contribution in [3.8, 4) is 0 Å². The van der Waals surface area contributed by atoms with Crippen LogP contribution in [0.1, 0.15) is 59.8 Å². The summed E-state index contributed by atoms with van der Waals surface area (Å²) in [6, 6.07) is -1.42. The van der Waals surface area contributed by atoms with Gasteiger partial charge in [-0.05, 0) is 32.1 Å². The molecule has 0 aromatic heterocycles. The summed E-state index contributed by atoms with van der Waals surface area (Å²) in [6.07, 6.45) is 5.29. The predicted octanol–water partition coefficient (Wildman–Crippen LogP) is 2.15. The van der Waals surface area contributed by atoms with Crippen molar-refractivity contribution in [2.24, 2.45) is 17.8 Å². The standard InChI is InChI=1S/C25H40N2O6/c1-6-9-10-14-26(13-7-2)23(30)21-25-12-11-18(33-25)19(24(31)32-8-3)20(25)22(29)27(21)17(15-28)16(4)5/h7,16-21,28H,2,6,8-15H2,1,3-5H3/t17-,18+,19-,20-,21?,25?/m0/s1. The summed E-state index contributed by atoms with van der Waals surface area (Å²) in [4.78, 5) is 44.1. The molecule has 2 unspecified atom stereocenters. The number of carbonyl (C=O) groups is 3. The van der Waals surface area contributed by atoms with Gasteiger partial charge in [0.2, 0.25) is 11.8 Å². The van der Waals surface area contributed by atoms with E-state index in [9.17, 15) is 19.5 Å². The predicted molar refractivity (Wildman–Crippen MR) is 123 cm³/mol. The van der Waals surface area contributed by atoms with Gasteiger partial charge in [0.1, 0.15) is 11.6 Å². The van der Waals surface area contributed by atoms with Gasteiger partial charge in [0.15, 0.2) is 0 Å². The minimum absolute atomic E-state index is 0.0735. The Bertz CT molecular complexity index is 755. The maximum atomic E-state index is 14.1. The first-order valence-corrected chi connectivity index (χ1v) is 12.5. The molecule has 3 aliphatic heterocycles. The van der Waals surface area contributed by atoms with E-state index in [0.717, 1.165) is 19.3 Å². The van der Waals surface area contributed by atoms with Crippen molar-refractivity contribution in [3.63, 3.8) is 0 Å². The Morgan fingerprint density at radius 2 is 2.09 bits per heavy atom. The summed E-state index contributed by atoms with van der Waals surface area (Å²) < 4.78 is 11.7. The third kappa shape index (κ3) is 4.32. The van der Waals surface area contributed by atoms with Crippen LogP contribution in [-0.4, -0.2) is 82.8 Å². The minimum atomic E-state index is -1.07. The van der Waals surface area contributed by atoms with Gasteiger partial charge in [-0.25, -0.2) is 0 Å². The molecule has 0 aromatic rings. The second-order valence-corrected chi connectivity index (χ2v) is 9.83.